The van der Waals surface area contributed by atoms with Gasteiger partial charge in [0.25, 0.3) is 0 Å². The number of nitrogens with one attached hydrogen (secondary N) is 1. The molecule has 0 bridgehead atoms. The van der Waals surface area contributed by atoms with Crippen LogP contribution in [0.25, 0.3) is 0 Å². The molecular formula is C30H33N5O5. The molecule has 0 radical (unpaired) electrons. The van der Waals surface area contributed by atoms with Gasteiger partial charge in [0.05, 0.1) is 51.0 Å². The molecule has 0 spiro atoms. The number of aromatic nitrogens is 3. The van der Waals surface area contributed by atoms with Gasteiger partial charge in [0.15, 0.2) is 17.9 Å². The Balaban J connectivity index is 1.45. The van der Waals surface area contributed by atoms with E-state index in [4.69, 9.17) is 18.6 Å². The smallest absolute Gasteiger partial charge is 0.318 e. The second kappa shape index (κ2) is 12.1. The van der Waals surface area contributed by atoms with Crippen molar-refractivity contribution in [1.82, 2.24) is 25.2 Å². The molecule has 3 heterocycles. The lowest BCUT2D eigenvalue weighted by Crippen LogP contribution is -2.46. The zero-order chi connectivity index (χ0) is 28.1. The topological polar surface area (TPSA) is 112 Å². The van der Waals surface area contributed by atoms with Crippen molar-refractivity contribution in [1.29, 1.82) is 0 Å². The van der Waals surface area contributed by atoms with Crippen molar-refractivity contribution in [3.63, 3.8) is 0 Å². The number of hydrogen-bond donors (Lipinski definition) is 1. The summed E-state index contributed by atoms with van der Waals surface area (Å²) in [5.41, 5.74) is 6.89. The summed E-state index contributed by atoms with van der Waals surface area (Å²) >= 11 is 0. The number of fused-ring (bicyclic) bond motifs is 1. The van der Waals surface area contributed by atoms with Gasteiger partial charge < -0.3 is 28.8 Å². The molecule has 10 nitrogen and oxygen atoms in total. The molecule has 5 rings (SSSR count). The maximum atomic E-state index is 13.5. The molecule has 2 amide bonds. The van der Waals surface area contributed by atoms with Crippen LogP contribution >= 0.6 is 0 Å². The summed E-state index contributed by atoms with van der Waals surface area (Å²) in [5.74, 6) is 1.72. The van der Waals surface area contributed by atoms with E-state index in [0.717, 1.165) is 27.9 Å². The monoisotopic (exact) mass is 543 g/mol. The first kappa shape index (κ1) is 27.0. The molecule has 1 N–H and O–H groups in total. The third-order valence-corrected chi connectivity index (χ3v) is 7.03. The van der Waals surface area contributed by atoms with Crippen molar-refractivity contribution in [2.75, 3.05) is 27.4 Å². The van der Waals surface area contributed by atoms with Crippen LogP contribution in [0.4, 0.5) is 4.79 Å². The average molecular weight is 544 g/mol. The summed E-state index contributed by atoms with van der Waals surface area (Å²) < 4.78 is 22.2. The highest BCUT2D eigenvalue weighted by Crippen LogP contribution is 2.42. The lowest BCUT2D eigenvalue weighted by Gasteiger charge is -2.38. The molecule has 1 aliphatic rings. The molecule has 0 aliphatic carbocycles. The number of ether oxygens (including phenoxy) is 3. The van der Waals surface area contributed by atoms with Gasteiger partial charge in [-0.25, -0.2) is 14.8 Å². The van der Waals surface area contributed by atoms with Crippen LogP contribution < -0.4 is 19.5 Å². The van der Waals surface area contributed by atoms with E-state index in [2.05, 4.69) is 52.3 Å². The Labute approximate surface area is 233 Å². The minimum atomic E-state index is -0.306. The lowest BCUT2D eigenvalue weighted by atomic mass is 9.85. The molecule has 1 aliphatic heterocycles. The number of rotatable bonds is 9. The Hall–Kier alpha value is -4.60. The lowest BCUT2D eigenvalue weighted by molar-refractivity contribution is 0.179. The highest BCUT2D eigenvalue weighted by atomic mass is 16.5. The van der Waals surface area contributed by atoms with Crippen molar-refractivity contribution in [3.05, 3.63) is 94.6 Å². The van der Waals surface area contributed by atoms with E-state index in [0.29, 0.717) is 49.1 Å². The summed E-state index contributed by atoms with van der Waals surface area (Å²) in [6.45, 7) is 5.35. The standard InChI is InChI=1S/C30H33N5O5/c1-19-5-6-24(20(2)11-19)29-25-13-27(40-10-8-22-14-31-16-28(34-22)38-4)26(37-3)12-21(25)7-9-35(29)30(36)32-15-23-17-39-18-33-23/h5-6,11-14,16-18,29H,7-10,15H2,1-4H3,(H,32,36). The number of hydrogen-bond acceptors (Lipinski definition) is 8. The zero-order valence-corrected chi connectivity index (χ0v) is 23.1. The summed E-state index contributed by atoms with van der Waals surface area (Å²) in [6, 6.07) is 9.88. The number of benzene rings is 2. The first-order chi connectivity index (χ1) is 19.5. The summed E-state index contributed by atoms with van der Waals surface area (Å²) in [7, 11) is 3.20. The zero-order valence-electron chi connectivity index (χ0n) is 23.1. The number of urea groups is 1. The molecule has 0 fully saturated rings. The fourth-order valence-corrected chi connectivity index (χ4v) is 5.05. The number of amides is 2. The van der Waals surface area contributed by atoms with E-state index in [1.54, 1.807) is 26.6 Å². The molecule has 208 valence electrons. The second-order valence-corrected chi connectivity index (χ2v) is 9.70. The normalized spacial score (nSPS) is 14.4. The van der Waals surface area contributed by atoms with Gasteiger partial charge in [-0.3, -0.25) is 4.98 Å². The summed E-state index contributed by atoms with van der Waals surface area (Å²) in [6.07, 6.45) is 7.37. The van der Waals surface area contributed by atoms with E-state index in [1.807, 2.05) is 17.0 Å². The van der Waals surface area contributed by atoms with Gasteiger partial charge in [-0.15, -0.1) is 0 Å². The van der Waals surface area contributed by atoms with Crippen LogP contribution in [0.3, 0.4) is 0 Å². The van der Waals surface area contributed by atoms with Gasteiger partial charge in [-0.1, -0.05) is 23.8 Å². The largest absolute Gasteiger partial charge is 0.493 e. The highest BCUT2D eigenvalue weighted by molar-refractivity contribution is 5.76. The molecule has 1 atom stereocenters. The van der Waals surface area contributed by atoms with Crippen molar-refractivity contribution in [3.8, 4) is 17.4 Å². The number of oxazole rings is 1. The molecule has 0 saturated carbocycles. The van der Waals surface area contributed by atoms with E-state index < -0.39 is 0 Å². The van der Waals surface area contributed by atoms with Gasteiger partial charge in [-0.05, 0) is 54.7 Å². The van der Waals surface area contributed by atoms with E-state index in [1.165, 1.54) is 18.2 Å². The van der Waals surface area contributed by atoms with Gasteiger partial charge >= 0.3 is 6.03 Å². The number of carbonyl (C=O) groups is 1. The number of carbonyl (C=O) groups excluding carboxylic acids is 1. The molecule has 10 heteroatoms. The third-order valence-electron chi connectivity index (χ3n) is 7.03. The predicted octanol–water partition coefficient (Wildman–Crippen LogP) is 4.58. The number of methoxy groups -OCH3 is 2. The third kappa shape index (κ3) is 5.85. The van der Waals surface area contributed by atoms with Crippen LogP contribution in [0.5, 0.6) is 17.4 Å². The minimum absolute atomic E-state index is 0.173. The first-order valence-electron chi connectivity index (χ1n) is 13.1. The van der Waals surface area contributed by atoms with Crippen molar-refractivity contribution >= 4 is 6.03 Å². The second-order valence-electron chi connectivity index (χ2n) is 9.70. The van der Waals surface area contributed by atoms with Gasteiger partial charge in [0.1, 0.15) is 6.26 Å². The van der Waals surface area contributed by atoms with Gasteiger partial charge in [-0.2, -0.15) is 0 Å². The van der Waals surface area contributed by atoms with Crippen LogP contribution in [0.2, 0.25) is 0 Å². The predicted molar refractivity (Wildman–Crippen MR) is 148 cm³/mol. The van der Waals surface area contributed by atoms with Crippen LogP contribution in [-0.4, -0.2) is 53.3 Å². The molecular weight excluding hydrogens is 510 g/mol. The Morgan fingerprint density at radius 1 is 1.07 bits per heavy atom. The molecule has 40 heavy (non-hydrogen) atoms. The SMILES string of the molecule is COc1cncc(CCOc2cc3c(cc2OC)CCN(C(=O)NCc2cocn2)C3c2ccc(C)cc2C)n1. The summed E-state index contributed by atoms with van der Waals surface area (Å²) in [5, 5.41) is 3.00. The number of nitrogens with zero attached hydrogens (tertiary/aromatic N) is 4. The van der Waals surface area contributed by atoms with Crippen molar-refractivity contribution in [2.45, 2.75) is 39.3 Å². The quantitative estimate of drug-likeness (QED) is 0.327. The minimum Gasteiger partial charge on any atom is -0.493 e. The average Bonchev–Trinajstić information content (AvgIpc) is 3.49. The van der Waals surface area contributed by atoms with Crippen LogP contribution in [0, 0.1) is 13.8 Å². The maximum Gasteiger partial charge on any atom is 0.318 e. The summed E-state index contributed by atoms with van der Waals surface area (Å²) in [4.78, 5) is 28.1. The fraction of sp³-hybridized carbons (Fsp3) is 0.333. The van der Waals surface area contributed by atoms with Crippen molar-refractivity contribution in [2.24, 2.45) is 0 Å². The van der Waals surface area contributed by atoms with Crippen LogP contribution in [0.15, 0.2) is 59.8 Å². The Bertz CT molecular complexity index is 1470. The van der Waals surface area contributed by atoms with Crippen molar-refractivity contribution < 1.29 is 23.4 Å². The highest BCUT2D eigenvalue weighted by Gasteiger charge is 2.34. The Morgan fingerprint density at radius 3 is 2.70 bits per heavy atom. The Morgan fingerprint density at radius 2 is 1.95 bits per heavy atom. The fourth-order valence-electron chi connectivity index (χ4n) is 5.05. The first-order valence-corrected chi connectivity index (χ1v) is 13.1. The maximum absolute atomic E-state index is 13.5. The Kier molecular flexibility index (Phi) is 8.14. The molecule has 1 unspecified atom stereocenters. The van der Waals surface area contributed by atoms with Gasteiger partial charge in [0.2, 0.25) is 5.88 Å². The van der Waals surface area contributed by atoms with Crippen LogP contribution in [0.1, 0.15) is 45.2 Å². The van der Waals surface area contributed by atoms with Crippen LogP contribution in [-0.2, 0) is 19.4 Å². The molecule has 2 aromatic carbocycles. The molecule has 0 saturated heterocycles. The van der Waals surface area contributed by atoms with E-state index in [9.17, 15) is 4.79 Å². The van der Waals surface area contributed by atoms with E-state index >= 15 is 0 Å². The molecule has 2 aromatic heterocycles. The molecule has 4 aromatic rings. The van der Waals surface area contributed by atoms with Gasteiger partial charge in [0, 0.05) is 19.2 Å². The van der Waals surface area contributed by atoms with E-state index in [-0.39, 0.29) is 18.6 Å². The number of aryl methyl sites for hydroxylation is 2.